The Hall–Kier alpha value is -2.63. The normalized spacial score (nSPS) is 10.5. The molecule has 0 bridgehead atoms. The quantitative estimate of drug-likeness (QED) is 0.794. The average Bonchev–Trinajstić information content (AvgIpc) is 2.95. The van der Waals surface area contributed by atoms with E-state index in [-0.39, 0.29) is 5.69 Å². The van der Waals surface area contributed by atoms with Crippen LogP contribution < -0.4 is 0 Å². The highest BCUT2D eigenvalue weighted by atomic mass is 16.5. The average molecular weight is 316 g/mol. The maximum Gasteiger partial charge on any atom is 0.354 e. The number of hydrogen-bond acceptors (Lipinski definition) is 4. The first kappa shape index (κ1) is 16.7. The third-order valence-electron chi connectivity index (χ3n) is 3.63. The van der Waals surface area contributed by atoms with Gasteiger partial charge in [0, 0.05) is 13.0 Å². The highest BCUT2D eigenvalue weighted by molar-refractivity contribution is 5.89. The lowest BCUT2D eigenvalue weighted by molar-refractivity contribution is 0.0599. The predicted molar refractivity (Wildman–Crippen MR) is 84.7 cm³/mol. The van der Waals surface area contributed by atoms with Crippen LogP contribution in [0.1, 0.15) is 52.0 Å². The molecule has 0 aliphatic carbocycles. The second kappa shape index (κ2) is 7.58. The van der Waals surface area contributed by atoms with E-state index >= 15 is 0 Å². The summed E-state index contributed by atoms with van der Waals surface area (Å²) in [7, 11) is 1.33. The van der Waals surface area contributed by atoms with Crippen molar-refractivity contribution in [2.45, 2.75) is 32.7 Å². The van der Waals surface area contributed by atoms with Gasteiger partial charge < -0.3 is 14.4 Å². The molecule has 6 heteroatoms. The fourth-order valence-corrected chi connectivity index (χ4v) is 2.34. The van der Waals surface area contributed by atoms with E-state index in [1.54, 1.807) is 28.8 Å². The molecule has 6 nitrogen and oxygen atoms in total. The molecule has 23 heavy (non-hydrogen) atoms. The van der Waals surface area contributed by atoms with E-state index < -0.39 is 11.9 Å². The highest BCUT2D eigenvalue weighted by Crippen LogP contribution is 2.14. The Balaban J connectivity index is 2.25. The number of unbranched alkanes of at least 4 members (excludes halogenated alkanes) is 1. The Kier molecular flexibility index (Phi) is 5.51. The van der Waals surface area contributed by atoms with Crippen molar-refractivity contribution in [1.82, 2.24) is 9.55 Å². The summed E-state index contributed by atoms with van der Waals surface area (Å²) in [6, 6.07) is 6.93. The molecule has 0 spiro atoms. The molecule has 2 aromatic rings. The molecule has 0 aliphatic heterocycles. The van der Waals surface area contributed by atoms with Crippen LogP contribution >= 0.6 is 0 Å². The Morgan fingerprint density at radius 3 is 2.52 bits per heavy atom. The molecule has 1 aromatic carbocycles. The smallest absolute Gasteiger partial charge is 0.354 e. The molecular weight excluding hydrogens is 296 g/mol. The second-order valence-corrected chi connectivity index (χ2v) is 5.24. The number of carboxylic acid groups (broad SMARTS) is 1. The Morgan fingerprint density at radius 1 is 1.26 bits per heavy atom. The minimum atomic E-state index is -0.994. The van der Waals surface area contributed by atoms with Crippen molar-refractivity contribution >= 4 is 11.9 Å². The van der Waals surface area contributed by atoms with Gasteiger partial charge in [-0.05, 0) is 24.1 Å². The van der Waals surface area contributed by atoms with Crippen LogP contribution in [0, 0.1) is 0 Å². The summed E-state index contributed by atoms with van der Waals surface area (Å²) in [6.07, 6.45) is 4.11. The van der Waals surface area contributed by atoms with Gasteiger partial charge >= 0.3 is 11.9 Å². The summed E-state index contributed by atoms with van der Waals surface area (Å²) < 4.78 is 6.38. The molecule has 0 fully saturated rings. The van der Waals surface area contributed by atoms with Crippen molar-refractivity contribution in [1.29, 1.82) is 0 Å². The van der Waals surface area contributed by atoms with Crippen molar-refractivity contribution in [3.05, 3.63) is 53.1 Å². The fraction of sp³-hybridized carbons (Fsp3) is 0.353. The minimum Gasteiger partial charge on any atom is -0.477 e. The molecule has 0 saturated carbocycles. The lowest BCUT2D eigenvalue weighted by Crippen LogP contribution is -2.13. The molecule has 0 radical (unpaired) electrons. The van der Waals surface area contributed by atoms with Gasteiger partial charge in [0.1, 0.15) is 11.5 Å². The van der Waals surface area contributed by atoms with Gasteiger partial charge in [-0.2, -0.15) is 0 Å². The van der Waals surface area contributed by atoms with Crippen LogP contribution in [-0.2, 0) is 17.7 Å². The Labute approximate surface area is 134 Å². The molecule has 1 heterocycles. The first-order valence-electron chi connectivity index (χ1n) is 7.51. The number of benzene rings is 1. The molecule has 1 N–H and O–H groups in total. The zero-order chi connectivity index (χ0) is 16.8. The molecule has 0 saturated heterocycles. The van der Waals surface area contributed by atoms with Crippen LogP contribution in [0.2, 0.25) is 0 Å². The van der Waals surface area contributed by atoms with Crippen molar-refractivity contribution in [2.24, 2.45) is 0 Å². The standard InChI is InChI=1S/C17H20N2O4/c1-3-4-5-15-18-10-14(16(20)21)19(15)11-12-6-8-13(9-7-12)17(22)23-2/h6-10H,3-5,11H2,1-2H3,(H,20,21). The maximum atomic E-state index is 11.4. The van der Waals surface area contributed by atoms with E-state index in [1.807, 2.05) is 0 Å². The van der Waals surface area contributed by atoms with Crippen molar-refractivity contribution in [2.75, 3.05) is 7.11 Å². The highest BCUT2D eigenvalue weighted by Gasteiger charge is 2.15. The molecule has 1 aromatic heterocycles. The van der Waals surface area contributed by atoms with E-state index in [4.69, 9.17) is 0 Å². The van der Waals surface area contributed by atoms with Gasteiger partial charge in [-0.1, -0.05) is 25.5 Å². The second-order valence-electron chi connectivity index (χ2n) is 5.24. The molecule has 0 atom stereocenters. The number of ether oxygens (including phenoxy) is 1. The van der Waals surface area contributed by atoms with Crippen LogP contribution in [0.5, 0.6) is 0 Å². The van der Waals surface area contributed by atoms with Gasteiger partial charge in [0.15, 0.2) is 0 Å². The van der Waals surface area contributed by atoms with Crippen molar-refractivity contribution in [3.8, 4) is 0 Å². The van der Waals surface area contributed by atoms with Gasteiger partial charge in [-0.3, -0.25) is 0 Å². The number of esters is 1. The van der Waals surface area contributed by atoms with Crippen molar-refractivity contribution in [3.63, 3.8) is 0 Å². The first-order valence-corrected chi connectivity index (χ1v) is 7.51. The van der Waals surface area contributed by atoms with E-state index in [2.05, 4.69) is 16.6 Å². The van der Waals surface area contributed by atoms with E-state index in [9.17, 15) is 14.7 Å². The van der Waals surface area contributed by atoms with Crippen LogP contribution in [0.3, 0.4) is 0 Å². The Morgan fingerprint density at radius 2 is 1.96 bits per heavy atom. The van der Waals surface area contributed by atoms with Crippen LogP contribution in [0.15, 0.2) is 30.5 Å². The zero-order valence-electron chi connectivity index (χ0n) is 13.3. The van der Waals surface area contributed by atoms with Crippen LogP contribution in [-0.4, -0.2) is 33.7 Å². The summed E-state index contributed by atoms with van der Waals surface area (Å²) >= 11 is 0. The number of imidazole rings is 1. The summed E-state index contributed by atoms with van der Waals surface area (Å²) in [5, 5.41) is 9.31. The van der Waals surface area contributed by atoms with E-state index in [0.29, 0.717) is 12.1 Å². The zero-order valence-corrected chi connectivity index (χ0v) is 13.3. The molecule has 122 valence electrons. The van der Waals surface area contributed by atoms with E-state index in [1.165, 1.54) is 13.3 Å². The number of aromatic nitrogens is 2. The van der Waals surface area contributed by atoms with Gasteiger partial charge in [0.05, 0.1) is 18.9 Å². The number of hydrogen-bond donors (Lipinski definition) is 1. The summed E-state index contributed by atoms with van der Waals surface area (Å²) in [4.78, 5) is 27.0. The molecule has 0 aliphatic rings. The van der Waals surface area contributed by atoms with Crippen LogP contribution in [0.25, 0.3) is 0 Å². The monoisotopic (exact) mass is 316 g/mol. The Bertz CT molecular complexity index is 689. The van der Waals surface area contributed by atoms with Gasteiger partial charge in [-0.25, -0.2) is 14.6 Å². The molecule has 0 unspecified atom stereocenters. The third kappa shape index (κ3) is 3.97. The van der Waals surface area contributed by atoms with Gasteiger partial charge in [-0.15, -0.1) is 0 Å². The first-order chi connectivity index (χ1) is 11.1. The maximum absolute atomic E-state index is 11.4. The van der Waals surface area contributed by atoms with E-state index in [0.717, 1.165) is 30.7 Å². The SMILES string of the molecule is CCCCc1ncc(C(=O)O)n1Cc1ccc(C(=O)OC)cc1. The minimum absolute atomic E-state index is 0.174. The molecular formula is C17H20N2O4. The van der Waals surface area contributed by atoms with Gasteiger partial charge in [0.2, 0.25) is 0 Å². The number of carbonyl (C=O) groups is 2. The lowest BCUT2D eigenvalue weighted by atomic mass is 10.1. The topological polar surface area (TPSA) is 81.4 Å². The summed E-state index contributed by atoms with van der Waals surface area (Å²) in [5.41, 5.74) is 1.54. The summed E-state index contributed by atoms with van der Waals surface area (Å²) in [5.74, 6) is -0.623. The number of carbonyl (C=O) groups excluding carboxylic acids is 1. The lowest BCUT2D eigenvalue weighted by Gasteiger charge is -2.10. The number of aryl methyl sites for hydroxylation is 1. The third-order valence-corrected chi connectivity index (χ3v) is 3.63. The van der Waals surface area contributed by atoms with Crippen LogP contribution in [0.4, 0.5) is 0 Å². The number of carboxylic acids is 1. The fourth-order valence-electron chi connectivity index (χ4n) is 2.34. The molecule has 0 amide bonds. The number of aromatic carboxylic acids is 1. The number of nitrogens with zero attached hydrogens (tertiary/aromatic N) is 2. The number of methoxy groups -OCH3 is 1. The summed E-state index contributed by atoms with van der Waals surface area (Å²) in [6.45, 7) is 2.49. The molecule has 2 rings (SSSR count). The van der Waals surface area contributed by atoms with Gasteiger partial charge in [0.25, 0.3) is 0 Å². The predicted octanol–water partition coefficient (Wildman–Crippen LogP) is 2.76. The van der Waals surface area contributed by atoms with Crippen molar-refractivity contribution < 1.29 is 19.4 Å². The largest absolute Gasteiger partial charge is 0.477 e. The number of rotatable bonds is 7.